The summed E-state index contributed by atoms with van der Waals surface area (Å²) < 4.78 is 4.88. The molecule has 7 heteroatoms. The molecule has 4 rings (SSSR count). The summed E-state index contributed by atoms with van der Waals surface area (Å²) in [6.07, 6.45) is 0. The maximum absolute atomic E-state index is 13.0. The Kier molecular flexibility index (Phi) is 5.72. The summed E-state index contributed by atoms with van der Waals surface area (Å²) in [6.45, 7) is 5.22. The van der Waals surface area contributed by atoms with Gasteiger partial charge in [-0.3, -0.25) is 9.69 Å². The van der Waals surface area contributed by atoms with Crippen LogP contribution in [0.1, 0.15) is 17.4 Å². The van der Waals surface area contributed by atoms with E-state index in [-0.39, 0.29) is 17.6 Å². The quantitative estimate of drug-likeness (QED) is 0.637. The second-order valence-electron chi connectivity index (χ2n) is 7.44. The van der Waals surface area contributed by atoms with Crippen LogP contribution >= 0.6 is 0 Å². The molecule has 1 fully saturated rings. The van der Waals surface area contributed by atoms with Crippen molar-refractivity contribution in [3.63, 3.8) is 0 Å². The number of H-pyrrole nitrogens is 1. The Labute approximate surface area is 175 Å². The van der Waals surface area contributed by atoms with E-state index < -0.39 is 5.97 Å². The van der Waals surface area contributed by atoms with Gasteiger partial charge in [-0.2, -0.15) is 0 Å². The molecule has 1 aliphatic heterocycles. The summed E-state index contributed by atoms with van der Waals surface area (Å²) >= 11 is 0. The number of nitrogens with one attached hydrogen (secondary N) is 2. The van der Waals surface area contributed by atoms with Crippen LogP contribution < -0.4 is 10.2 Å². The lowest BCUT2D eigenvalue weighted by Gasteiger charge is -2.38. The van der Waals surface area contributed by atoms with Crippen molar-refractivity contribution in [2.45, 2.75) is 13.0 Å². The first-order valence-electron chi connectivity index (χ1n) is 10.1. The number of nitrogens with zero attached hydrogens (tertiary/aromatic N) is 2. The van der Waals surface area contributed by atoms with Gasteiger partial charge in [0.25, 0.3) is 0 Å². The van der Waals surface area contributed by atoms with E-state index in [4.69, 9.17) is 4.74 Å². The molecule has 7 nitrogen and oxygen atoms in total. The molecule has 1 aromatic heterocycles. The van der Waals surface area contributed by atoms with Crippen LogP contribution in [-0.2, 0) is 9.53 Å². The molecule has 0 bridgehead atoms. The van der Waals surface area contributed by atoms with E-state index in [9.17, 15) is 9.59 Å². The minimum atomic E-state index is -0.509. The lowest BCUT2D eigenvalue weighted by atomic mass is 10.1. The van der Waals surface area contributed by atoms with Crippen LogP contribution in [0.4, 0.5) is 11.4 Å². The Bertz CT molecular complexity index is 1040. The maximum Gasteiger partial charge on any atom is 0.356 e. The summed E-state index contributed by atoms with van der Waals surface area (Å²) in [6, 6.07) is 17.5. The number of piperazine rings is 1. The number of aromatic nitrogens is 1. The van der Waals surface area contributed by atoms with Crippen LogP contribution in [0.5, 0.6) is 0 Å². The van der Waals surface area contributed by atoms with Gasteiger partial charge in [-0.05, 0) is 25.1 Å². The predicted molar refractivity (Wildman–Crippen MR) is 118 cm³/mol. The molecule has 1 atom stereocenters. The van der Waals surface area contributed by atoms with Gasteiger partial charge >= 0.3 is 5.97 Å². The Hall–Kier alpha value is -3.32. The zero-order valence-corrected chi connectivity index (χ0v) is 17.2. The van der Waals surface area contributed by atoms with Gasteiger partial charge in [0.2, 0.25) is 5.91 Å². The highest BCUT2D eigenvalue weighted by Crippen LogP contribution is 2.28. The van der Waals surface area contributed by atoms with E-state index in [1.807, 2.05) is 49.4 Å². The average molecular weight is 406 g/mol. The van der Waals surface area contributed by atoms with Crippen molar-refractivity contribution >= 4 is 34.2 Å². The lowest BCUT2D eigenvalue weighted by molar-refractivity contribution is -0.120. The molecule has 2 heterocycles. The highest BCUT2D eigenvalue weighted by atomic mass is 16.5. The monoisotopic (exact) mass is 406 g/mol. The van der Waals surface area contributed by atoms with E-state index in [1.165, 1.54) is 12.8 Å². The van der Waals surface area contributed by atoms with Crippen molar-refractivity contribution in [2.75, 3.05) is 43.5 Å². The molecule has 2 aromatic carbocycles. The van der Waals surface area contributed by atoms with Crippen LogP contribution in [0.3, 0.4) is 0 Å². The third-order valence-electron chi connectivity index (χ3n) is 5.71. The number of esters is 1. The first-order chi connectivity index (χ1) is 14.6. The topological polar surface area (TPSA) is 77.7 Å². The summed E-state index contributed by atoms with van der Waals surface area (Å²) in [4.78, 5) is 32.8. The number of anilines is 2. The summed E-state index contributed by atoms with van der Waals surface area (Å²) in [7, 11) is 1.33. The lowest BCUT2D eigenvalue weighted by Crippen LogP contribution is -2.52. The maximum atomic E-state index is 13.0. The van der Waals surface area contributed by atoms with Gasteiger partial charge in [-0.25, -0.2) is 4.79 Å². The van der Waals surface area contributed by atoms with Crippen molar-refractivity contribution in [2.24, 2.45) is 0 Å². The van der Waals surface area contributed by atoms with Gasteiger partial charge in [0, 0.05) is 42.8 Å². The van der Waals surface area contributed by atoms with E-state index in [0.717, 1.165) is 37.1 Å². The molecule has 1 unspecified atom stereocenters. The van der Waals surface area contributed by atoms with Gasteiger partial charge in [0.05, 0.1) is 18.8 Å². The Morgan fingerprint density at radius 3 is 2.37 bits per heavy atom. The fourth-order valence-electron chi connectivity index (χ4n) is 3.93. The second kappa shape index (κ2) is 8.59. The molecule has 156 valence electrons. The molecule has 2 N–H and O–H groups in total. The molecular weight excluding hydrogens is 380 g/mol. The molecule has 0 aliphatic carbocycles. The van der Waals surface area contributed by atoms with Crippen LogP contribution in [0.2, 0.25) is 0 Å². The molecule has 3 aromatic rings. The minimum absolute atomic E-state index is 0.141. The molecule has 1 saturated heterocycles. The Morgan fingerprint density at radius 2 is 1.67 bits per heavy atom. The standard InChI is InChI=1S/C23H26N4O3/c1-16(26-12-14-27(15-13-26)17-8-4-3-5-9-17)22(28)25-20-18-10-6-7-11-19(18)24-21(20)23(29)30-2/h3-11,16,24H,12-15H2,1-2H3,(H,25,28). The molecule has 0 saturated carbocycles. The molecule has 1 amide bonds. The third kappa shape index (κ3) is 3.89. The zero-order chi connectivity index (χ0) is 21.1. The van der Waals surface area contributed by atoms with Crippen molar-refractivity contribution < 1.29 is 14.3 Å². The minimum Gasteiger partial charge on any atom is -0.464 e. The highest BCUT2D eigenvalue weighted by Gasteiger charge is 2.28. The normalized spacial score (nSPS) is 15.7. The molecule has 30 heavy (non-hydrogen) atoms. The van der Waals surface area contributed by atoms with E-state index in [0.29, 0.717) is 5.69 Å². The number of para-hydroxylation sites is 2. The number of benzene rings is 2. The van der Waals surface area contributed by atoms with Crippen molar-refractivity contribution in [3.8, 4) is 0 Å². The van der Waals surface area contributed by atoms with Crippen LogP contribution in [0.25, 0.3) is 10.9 Å². The number of methoxy groups -OCH3 is 1. The summed E-state index contributed by atoms with van der Waals surface area (Å²) in [5, 5.41) is 3.75. The molecule has 0 radical (unpaired) electrons. The van der Waals surface area contributed by atoms with Crippen molar-refractivity contribution in [1.82, 2.24) is 9.88 Å². The van der Waals surface area contributed by atoms with Gasteiger partial charge in [0.1, 0.15) is 5.69 Å². The van der Waals surface area contributed by atoms with Crippen LogP contribution in [0, 0.1) is 0 Å². The number of amides is 1. The number of carbonyl (C=O) groups excluding carboxylic acids is 2. The molecule has 1 aliphatic rings. The fraction of sp³-hybridized carbons (Fsp3) is 0.304. The van der Waals surface area contributed by atoms with Gasteiger partial charge in [0.15, 0.2) is 0 Å². The number of ether oxygens (including phenoxy) is 1. The van der Waals surface area contributed by atoms with Crippen molar-refractivity contribution in [3.05, 3.63) is 60.3 Å². The number of hydrogen-bond donors (Lipinski definition) is 2. The number of fused-ring (bicyclic) bond motifs is 1. The van der Waals surface area contributed by atoms with Crippen molar-refractivity contribution in [1.29, 1.82) is 0 Å². The smallest absolute Gasteiger partial charge is 0.356 e. The van der Waals surface area contributed by atoms with E-state index in [1.54, 1.807) is 0 Å². The first kappa shape index (κ1) is 20.0. The number of hydrogen-bond acceptors (Lipinski definition) is 5. The predicted octanol–water partition coefficient (Wildman–Crippen LogP) is 3.10. The Balaban J connectivity index is 1.46. The SMILES string of the molecule is COC(=O)c1[nH]c2ccccc2c1NC(=O)C(C)N1CCN(c2ccccc2)CC1. The third-order valence-corrected chi connectivity index (χ3v) is 5.71. The van der Waals surface area contributed by atoms with E-state index in [2.05, 4.69) is 32.2 Å². The van der Waals surface area contributed by atoms with Crippen LogP contribution in [-0.4, -0.2) is 61.1 Å². The van der Waals surface area contributed by atoms with Gasteiger partial charge < -0.3 is 19.9 Å². The summed E-state index contributed by atoms with van der Waals surface area (Å²) in [5.41, 5.74) is 2.71. The largest absolute Gasteiger partial charge is 0.464 e. The fourth-order valence-corrected chi connectivity index (χ4v) is 3.93. The number of aromatic amines is 1. The molecule has 0 spiro atoms. The summed E-state index contributed by atoms with van der Waals surface area (Å²) in [5.74, 6) is -0.649. The van der Waals surface area contributed by atoms with E-state index >= 15 is 0 Å². The Morgan fingerprint density at radius 1 is 1.00 bits per heavy atom. The van der Waals surface area contributed by atoms with Gasteiger partial charge in [-0.1, -0.05) is 36.4 Å². The highest BCUT2D eigenvalue weighted by molar-refractivity contribution is 6.11. The zero-order valence-electron chi connectivity index (χ0n) is 17.2. The molecular formula is C23H26N4O3. The first-order valence-corrected chi connectivity index (χ1v) is 10.1. The number of rotatable bonds is 5. The van der Waals surface area contributed by atoms with Gasteiger partial charge in [-0.15, -0.1) is 0 Å². The number of carbonyl (C=O) groups is 2. The van der Waals surface area contributed by atoms with Crippen LogP contribution in [0.15, 0.2) is 54.6 Å². The second-order valence-corrected chi connectivity index (χ2v) is 7.44. The average Bonchev–Trinajstić information content (AvgIpc) is 3.17.